The van der Waals surface area contributed by atoms with Crippen LogP contribution in [0.15, 0.2) is 29.8 Å². The molecule has 0 heterocycles. The van der Waals surface area contributed by atoms with Crippen molar-refractivity contribution in [2.24, 2.45) is 0 Å². The van der Waals surface area contributed by atoms with Gasteiger partial charge in [-0.1, -0.05) is 23.8 Å². The molecule has 0 aromatic heterocycles. The number of aliphatic hydroxyl groups is 1. The second-order valence-electron chi connectivity index (χ2n) is 3.76. The van der Waals surface area contributed by atoms with Crippen LogP contribution < -0.4 is 0 Å². The highest BCUT2D eigenvalue weighted by Gasteiger charge is 1.93. The molecule has 15 heavy (non-hydrogen) atoms. The minimum Gasteiger partial charge on any atom is -0.508 e. The Hall–Kier alpha value is -1.28. The molecule has 0 bridgehead atoms. The van der Waals surface area contributed by atoms with Crippen LogP contribution in [0.25, 0.3) is 6.08 Å². The van der Waals surface area contributed by atoms with Gasteiger partial charge in [-0.05, 0) is 43.9 Å². The van der Waals surface area contributed by atoms with E-state index in [0.29, 0.717) is 5.75 Å². The van der Waals surface area contributed by atoms with Crippen molar-refractivity contribution in [3.05, 3.63) is 35.4 Å². The van der Waals surface area contributed by atoms with Crippen LogP contribution in [-0.2, 0) is 0 Å². The van der Waals surface area contributed by atoms with Crippen LogP contribution in [0, 0.1) is 0 Å². The fourth-order valence-corrected chi connectivity index (χ4v) is 1.44. The van der Waals surface area contributed by atoms with Gasteiger partial charge in [0.2, 0.25) is 0 Å². The first-order valence-corrected chi connectivity index (χ1v) is 5.29. The first-order valence-electron chi connectivity index (χ1n) is 5.29. The zero-order valence-corrected chi connectivity index (χ0v) is 9.11. The smallest absolute Gasteiger partial charge is 0.115 e. The summed E-state index contributed by atoms with van der Waals surface area (Å²) < 4.78 is 0. The second-order valence-corrected chi connectivity index (χ2v) is 3.76. The lowest BCUT2D eigenvalue weighted by molar-refractivity contribution is 0.284. The Morgan fingerprint density at radius 1 is 1.20 bits per heavy atom. The number of benzene rings is 1. The largest absolute Gasteiger partial charge is 0.508 e. The molecule has 2 nitrogen and oxygen atoms in total. The van der Waals surface area contributed by atoms with Crippen LogP contribution >= 0.6 is 0 Å². The number of phenolic OH excluding ortho intramolecular Hbond substituents is 1. The maximum atomic E-state index is 9.12. The molecule has 2 heteroatoms. The molecule has 0 spiro atoms. The van der Waals surface area contributed by atoms with Crippen molar-refractivity contribution in [3.8, 4) is 5.75 Å². The Labute approximate surface area is 90.9 Å². The molecular weight excluding hydrogens is 188 g/mol. The predicted octanol–water partition coefficient (Wildman–Crippen LogP) is 2.96. The summed E-state index contributed by atoms with van der Waals surface area (Å²) in [4.78, 5) is 0. The highest BCUT2D eigenvalue weighted by Crippen LogP contribution is 2.15. The molecule has 0 saturated carbocycles. The minimum atomic E-state index is 0.270. The van der Waals surface area contributed by atoms with Crippen molar-refractivity contribution >= 4 is 6.08 Å². The lowest BCUT2D eigenvalue weighted by Crippen LogP contribution is -1.84. The lowest BCUT2D eigenvalue weighted by Gasteiger charge is -2.01. The molecule has 1 aromatic carbocycles. The Kier molecular flexibility index (Phi) is 4.91. The van der Waals surface area contributed by atoms with Gasteiger partial charge in [0.25, 0.3) is 0 Å². The van der Waals surface area contributed by atoms with Crippen LogP contribution in [0.2, 0.25) is 0 Å². The second kappa shape index (κ2) is 6.25. The molecule has 0 unspecified atom stereocenters. The summed E-state index contributed by atoms with van der Waals surface area (Å²) in [7, 11) is 0. The standard InChI is InChI=1S/C13H18O2/c1-11(4-2-3-9-14)10-12-5-7-13(15)8-6-12/h5-8,10,14-15H,2-4,9H2,1H3. The molecular formula is C13H18O2. The topological polar surface area (TPSA) is 40.5 Å². The molecule has 0 fully saturated rings. The molecule has 0 saturated heterocycles. The van der Waals surface area contributed by atoms with Crippen molar-refractivity contribution < 1.29 is 10.2 Å². The van der Waals surface area contributed by atoms with Gasteiger partial charge < -0.3 is 10.2 Å². The van der Waals surface area contributed by atoms with Crippen LogP contribution in [0.1, 0.15) is 31.7 Å². The number of allylic oxidation sites excluding steroid dienone is 1. The van der Waals surface area contributed by atoms with Crippen molar-refractivity contribution in [1.82, 2.24) is 0 Å². The average molecular weight is 206 g/mol. The SMILES string of the molecule is CC(=Cc1ccc(O)cc1)CCCCO. The highest BCUT2D eigenvalue weighted by atomic mass is 16.3. The van der Waals surface area contributed by atoms with Crippen molar-refractivity contribution in [2.75, 3.05) is 6.61 Å². The molecule has 0 amide bonds. The normalized spacial score (nSPS) is 11.7. The zero-order chi connectivity index (χ0) is 11.1. The summed E-state index contributed by atoms with van der Waals surface area (Å²) >= 11 is 0. The molecule has 0 aliphatic heterocycles. The van der Waals surface area contributed by atoms with Gasteiger partial charge in [-0.25, -0.2) is 0 Å². The summed E-state index contributed by atoms with van der Waals surface area (Å²) in [5.41, 5.74) is 2.41. The van der Waals surface area contributed by atoms with Crippen molar-refractivity contribution in [1.29, 1.82) is 0 Å². The summed E-state index contributed by atoms with van der Waals surface area (Å²) in [6.45, 7) is 2.36. The number of aromatic hydroxyl groups is 1. The fourth-order valence-electron chi connectivity index (χ4n) is 1.44. The van der Waals surface area contributed by atoms with Gasteiger partial charge in [0, 0.05) is 6.61 Å². The first kappa shape index (κ1) is 11.8. The van der Waals surface area contributed by atoms with Crippen LogP contribution in [0.3, 0.4) is 0 Å². The summed E-state index contributed by atoms with van der Waals surface area (Å²) in [6, 6.07) is 7.16. The third-order valence-corrected chi connectivity index (χ3v) is 2.29. The molecule has 0 radical (unpaired) electrons. The van der Waals surface area contributed by atoms with Crippen molar-refractivity contribution in [3.63, 3.8) is 0 Å². The van der Waals surface area contributed by atoms with Crippen molar-refractivity contribution in [2.45, 2.75) is 26.2 Å². The zero-order valence-electron chi connectivity index (χ0n) is 9.11. The average Bonchev–Trinajstić information content (AvgIpc) is 2.22. The number of rotatable bonds is 5. The first-order chi connectivity index (χ1) is 7.22. The van der Waals surface area contributed by atoms with Crippen LogP contribution in [0.5, 0.6) is 5.75 Å². The van der Waals surface area contributed by atoms with Crippen LogP contribution in [0.4, 0.5) is 0 Å². The van der Waals surface area contributed by atoms with E-state index in [1.54, 1.807) is 12.1 Å². The van der Waals surface area contributed by atoms with Gasteiger partial charge in [-0.2, -0.15) is 0 Å². The molecule has 0 aliphatic rings. The number of unbranched alkanes of at least 4 members (excludes halogenated alkanes) is 1. The van der Waals surface area contributed by atoms with E-state index in [4.69, 9.17) is 10.2 Å². The Balaban J connectivity index is 2.50. The van der Waals surface area contributed by atoms with Gasteiger partial charge in [-0.3, -0.25) is 0 Å². The minimum absolute atomic E-state index is 0.270. The Bertz CT molecular complexity index is 312. The lowest BCUT2D eigenvalue weighted by atomic mass is 10.1. The Morgan fingerprint density at radius 3 is 2.47 bits per heavy atom. The molecule has 1 aromatic rings. The number of hydrogen-bond donors (Lipinski definition) is 2. The third kappa shape index (κ3) is 4.66. The molecule has 1 rings (SSSR count). The van der Waals surface area contributed by atoms with Gasteiger partial charge >= 0.3 is 0 Å². The number of aliphatic hydroxyl groups excluding tert-OH is 1. The third-order valence-electron chi connectivity index (χ3n) is 2.29. The van der Waals surface area contributed by atoms with Gasteiger partial charge in [0.1, 0.15) is 5.75 Å². The van der Waals surface area contributed by atoms with Crippen LogP contribution in [-0.4, -0.2) is 16.8 Å². The van der Waals surface area contributed by atoms with E-state index in [-0.39, 0.29) is 6.61 Å². The van der Waals surface area contributed by atoms with E-state index < -0.39 is 0 Å². The number of phenols is 1. The van der Waals surface area contributed by atoms with Gasteiger partial charge in [0.15, 0.2) is 0 Å². The van der Waals surface area contributed by atoms with E-state index in [9.17, 15) is 0 Å². The summed E-state index contributed by atoms with van der Waals surface area (Å²) in [6.07, 6.45) is 5.01. The summed E-state index contributed by atoms with van der Waals surface area (Å²) in [5.74, 6) is 0.296. The predicted molar refractivity (Wildman–Crippen MR) is 62.7 cm³/mol. The van der Waals surface area contributed by atoms with E-state index in [1.807, 2.05) is 12.1 Å². The number of hydrogen-bond acceptors (Lipinski definition) is 2. The molecule has 82 valence electrons. The van der Waals surface area contributed by atoms with Gasteiger partial charge in [-0.15, -0.1) is 0 Å². The van der Waals surface area contributed by atoms with E-state index >= 15 is 0 Å². The molecule has 0 atom stereocenters. The maximum Gasteiger partial charge on any atom is 0.115 e. The monoisotopic (exact) mass is 206 g/mol. The quantitative estimate of drug-likeness (QED) is 0.727. The highest BCUT2D eigenvalue weighted by molar-refractivity contribution is 5.53. The van der Waals surface area contributed by atoms with E-state index in [0.717, 1.165) is 24.8 Å². The Morgan fingerprint density at radius 2 is 1.87 bits per heavy atom. The maximum absolute atomic E-state index is 9.12. The van der Waals surface area contributed by atoms with E-state index in [2.05, 4.69) is 13.0 Å². The molecule has 2 N–H and O–H groups in total. The fraction of sp³-hybridized carbons (Fsp3) is 0.385. The summed E-state index contributed by atoms with van der Waals surface area (Å²) in [5, 5.41) is 17.8. The van der Waals surface area contributed by atoms with E-state index in [1.165, 1.54) is 5.57 Å². The van der Waals surface area contributed by atoms with Gasteiger partial charge in [0.05, 0.1) is 0 Å². The molecule has 0 aliphatic carbocycles.